The van der Waals surface area contributed by atoms with Gasteiger partial charge in [0.15, 0.2) is 10.8 Å². The topological polar surface area (TPSA) is 96.5 Å². The van der Waals surface area contributed by atoms with Gasteiger partial charge in [0.2, 0.25) is 11.1 Å². The van der Waals surface area contributed by atoms with E-state index >= 15 is 0 Å². The number of fused-ring (bicyclic) bond motifs is 4. The number of carbonyl (C=O) groups excluding carboxylic acids is 1. The van der Waals surface area contributed by atoms with Gasteiger partial charge < -0.3 is 10.3 Å². The highest BCUT2D eigenvalue weighted by atomic mass is 32.2. The monoisotopic (exact) mass is 420 g/mol. The van der Waals surface area contributed by atoms with Gasteiger partial charge >= 0.3 is 0 Å². The highest BCUT2D eigenvalue weighted by molar-refractivity contribution is 8.00. The second-order valence-electron chi connectivity index (χ2n) is 6.70. The first-order valence-corrected chi connectivity index (χ1v) is 10.7. The van der Waals surface area contributed by atoms with E-state index in [0.717, 1.165) is 26.6 Å². The Labute approximate surface area is 174 Å². The van der Waals surface area contributed by atoms with Gasteiger partial charge in [0.1, 0.15) is 5.52 Å². The standard InChI is InChI=1S/C20H16N6OS2/c1-10-7-8-14-15(9-10)29-19(22-14)24-18(27)11(2)28-20-23-17-16(25-26-20)12-5-3-4-6-13(12)21-17/h3-9,11H,1-2H3,(H,21,23,26)(H,22,24,27). The minimum atomic E-state index is -0.396. The molecule has 0 aliphatic rings. The highest BCUT2D eigenvalue weighted by Crippen LogP contribution is 2.28. The number of aromatic nitrogens is 5. The molecule has 0 spiro atoms. The number of anilines is 1. The number of carbonyl (C=O) groups is 1. The number of thiazole rings is 1. The molecule has 29 heavy (non-hydrogen) atoms. The van der Waals surface area contributed by atoms with Gasteiger partial charge in [-0.1, -0.05) is 47.4 Å². The summed E-state index contributed by atoms with van der Waals surface area (Å²) in [7, 11) is 0. The van der Waals surface area contributed by atoms with Crippen LogP contribution in [-0.4, -0.2) is 36.3 Å². The molecule has 0 bridgehead atoms. The Kier molecular flexibility index (Phi) is 4.40. The van der Waals surface area contributed by atoms with Gasteiger partial charge in [-0.2, -0.15) is 0 Å². The number of aromatic amines is 1. The molecule has 2 N–H and O–H groups in total. The van der Waals surface area contributed by atoms with E-state index in [1.807, 2.05) is 50.2 Å². The van der Waals surface area contributed by atoms with E-state index in [2.05, 4.69) is 36.5 Å². The number of thioether (sulfide) groups is 1. The Morgan fingerprint density at radius 1 is 1.17 bits per heavy atom. The summed E-state index contributed by atoms with van der Waals surface area (Å²) in [4.78, 5) is 24.9. The van der Waals surface area contributed by atoms with E-state index < -0.39 is 5.25 Å². The number of hydrogen-bond acceptors (Lipinski definition) is 7. The van der Waals surface area contributed by atoms with Crippen molar-refractivity contribution in [1.82, 2.24) is 25.1 Å². The molecule has 0 saturated heterocycles. The molecule has 0 saturated carbocycles. The lowest BCUT2D eigenvalue weighted by atomic mass is 10.2. The predicted octanol–water partition coefficient (Wildman–Crippen LogP) is 4.54. The minimum absolute atomic E-state index is 0.147. The number of aryl methyl sites for hydroxylation is 1. The fraction of sp³-hybridized carbons (Fsp3) is 0.150. The zero-order chi connectivity index (χ0) is 20.0. The predicted molar refractivity (Wildman–Crippen MR) is 117 cm³/mol. The number of hydrogen-bond donors (Lipinski definition) is 2. The number of amides is 1. The quantitative estimate of drug-likeness (QED) is 0.414. The van der Waals surface area contributed by atoms with Gasteiger partial charge in [-0.25, -0.2) is 9.97 Å². The van der Waals surface area contributed by atoms with Crippen LogP contribution in [0.25, 0.3) is 32.3 Å². The first-order chi connectivity index (χ1) is 14.1. The van der Waals surface area contributed by atoms with Crippen molar-refractivity contribution < 1.29 is 4.79 Å². The van der Waals surface area contributed by atoms with Crippen LogP contribution in [0.1, 0.15) is 12.5 Å². The van der Waals surface area contributed by atoms with Crippen molar-refractivity contribution in [1.29, 1.82) is 0 Å². The Morgan fingerprint density at radius 3 is 2.93 bits per heavy atom. The number of benzene rings is 2. The van der Waals surface area contributed by atoms with Crippen LogP contribution in [0.2, 0.25) is 0 Å². The first kappa shape index (κ1) is 18.0. The second-order valence-corrected chi connectivity index (χ2v) is 9.04. The maximum atomic E-state index is 12.6. The fourth-order valence-corrected chi connectivity index (χ4v) is 4.74. The van der Waals surface area contributed by atoms with Crippen molar-refractivity contribution in [2.24, 2.45) is 0 Å². The van der Waals surface area contributed by atoms with Crippen LogP contribution in [-0.2, 0) is 4.79 Å². The van der Waals surface area contributed by atoms with E-state index in [-0.39, 0.29) is 5.91 Å². The third-order valence-electron chi connectivity index (χ3n) is 4.53. The third kappa shape index (κ3) is 3.43. The van der Waals surface area contributed by atoms with Gasteiger partial charge in [-0.05, 0) is 37.6 Å². The van der Waals surface area contributed by atoms with Gasteiger partial charge in [0, 0.05) is 10.9 Å². The van der Waals surface area contributed by atoms with Crippen molar-refractivity contribution >= 4 is 66.4 Å². The molecule has 2 aromatic carbocycles. The van der Waals surface area contributed by atoms with E-state index in [4.69, 9.17) is 0 Å². The first-order valence-electron chi connectivity index (χ1n) is 9.03. The van der Waals surface area contributed by atoms with Crippen LogP contribution in [0.15, 0.2) is 47.6 Å². The number of H-pyrrole nitrogens is 1. The van der Waals surface area contributed by atoms with Crippen molar-refractivity contribution in [3.8, 4) is 0 Å². The number of nitrogens with one attached hydrogen (secondary N) is 2. The molecule has 7 nitrogen and oxygen atoms in total. The second kappa shape index (κ2) is 7.09. The zero-order valence-electron chi connectivity index (χ0n) is 15.6. The number of para-hydroxylation sites is 1. The van der Waals surface area contributed by atoms with Crippen LogP contribution in [0.5, 0.6) is 0 Å². The molecule has 1 unspecified atom stereocenters. The van der Waals surface area contributed by atoms with Crippen LogP contribution >= 0.6 is 23.1 Å². The number of rotatable bonds is 4. The summed E-state index contributed by atoms with van der Waals surface area (Å²) in [6.07, 6.45) is 0. The van der Waals surface area contributed by atoms with Gasteiger partial charge in [-0.3, -0.25) is 4.79 Å². The molecule has 0 aliphatic heterocycles. The molecular weight excluding hydrogens is 404 g/mol. The van der Waals surface area contributed by atoms with Crippen molar-refractivity contribution in [3.63, 3.8) is 0 Å². The van der Waals surface area contributed by atoms with E-state index in [9.17, 15) is 4.79 Å². The fourth-order valence-electron chi connectivity index (χ4n) is 3.06. The SMILES string of the molecule is Cc1ccc2nc(NC(=O)C(C)Sc3nnc4c(n3)[nH]c3ccccc34)sc2c1. The van der Waals surface area contributed by atoms with Crippen molar-refractivity contribution in [2.45, 2.75) is 24.3 Å². The molecule has 0 aliphatic carbocycles. The van der Waals surface area contributed by atoms with Crippen molar-refractivity contribution in [3.05, 3.63) is 48.0 Å². The molecule has 3 aromatic heterocycles. The lowest BCUT2D eigenvalue weighted by Gasteiger charge is -2.08. The molecular formula is C20H16N6OS2. The van der Waals surface area contributed by atoms with Gasteiger partial charge in [-0.15, -0.1) is 10.2 Å². The third-order valence-corrected chi connectivity index (χ3v) is 6.41. The molecule has 5 aromatic rings. The molecule has 0 fully saturated rings. The Hall–Kier alpha value is -3.04. The van der Waals surface area contributed by atoms with Gasteiger partial charge in [0.25, 0.3) is 0 Å². The van der Waals surface area contributed by atoms with E-state index in [0.29, 0.717) is 15.9 Å². The minimum Gasteiger partial charge on any atom is -0.338 e. The molecule has 0 radical (unpaired) electrons. The summed E-state index contributed by atoms with van der Waals surface area (Å²) in [6, 6.07) is 13.9. The maximum Gasteiger partial charge on any atom is 0.239 e. The Bertz CT molecular complexity index is 1380. The average Bonchev–Trinajstić information content (AvgIpc) is 3.27. The maximum absolute atomic E-state index is 12.6. The zero-order valence-corrected chi connectivity index (χ0v) is 17.3. The molecule has 5 rings (SSSR count). The Morgan fingerprint density at radius 2 is 2.03 bits per heavy atom. The molecule has 3 heterocycles. The normalized spacial score (nSPS) is 12.6. The van der Waals surface area contributed by atoms with Gasteiger partial charge in [0.05, 0.1) is 15.5 Å². The Balaban J connectivity index is 1.33. The van der Waals surface area contributed by atoms with Crippen LogP contribution < -0.4 is 5.32 Å². The molecule has 1 amide bonds. The average molecular weight is 421 g/mol. The molecule has 1 atom stereocenters. The highest BCUT2D eigenvalue weighted by Gasteiger charge is 2.19. The lowest BCUT2D eigenvalue weighted by molar-refractivity contribution is -0.115. The lowest BCUT2D eigenvalue weighted by Crippen LogP contribution is -2.22. The number of nitrogens with zero attached hydrogens (tertiary/aromatic N) is 4. The summed E-state index contributed by atoms with van der Waals surface area (Å²) < 4.78 is 1.05. The van der Waals surface area contributed by atoms with Crippen LogP contribution in [0.3, 0.4) is 0 Å². The summed E-state index contributed by atoms with van der Waals surface area (Å²) in [6.45, 7) is 3.85. The molecule has 144 valence electrons. The van der Waals surface area contributed by atoms with Crippen LogP contribution in [0, 0.1) is 6.92 Å². The summed E-state index contributed by atoms with van der Waals surface area (Å²) in [5, 5.41) is 13.0. The van der Waals surface area contributed by atoms with Crippen molar-refractivity contribution in [2.75, 3.05) is 5.32 Å². The summed E-state index contributed by atoms with van der Waals surface area (Å²) in [5.74, 6) is -0.147. The largest absolute Gasteiger partial charge is 0.338 e. The summed E-state index contributed by atoms with van der Waals surface area (Å²) >= 11 is 2.73. The van der Waals surface area contributed by atoms with Crippen LogP contribution in [0.4, 0.5) is 5.13 Å². The summed E-state index contributed by atoms with van der Waals surface area (Å²) in [5.41, 5.74) is 4.40. The van der Waals surface area contributed by atoms with E-state index in [1.165, 1.54) is 28.7 Å². The smallest absolute Gasteiger partial charge is 0.239 e. The van der Waals surface area contributed by atoms with E-state index in [1.54, 1.807) is 0 Å². The molecule has 9 heteroatoms.